The number of imidazole rings is 1. The number of hydrogen-bond acceptors (Lipinski definition) is 4. The highest BCUT2D eigenvalue weighted by molar-refractivity contribution is 5.37. The van der Waals surface area contributed by atoms with Crippen LogP contribution in [0.3, 0.4) is 0 Å². The molecule has 0 aliphatic heterocycles. The second-order valence-electron chi connectivity index (χ2n) is 7.89. The molecular formula is C24H29N5O. The summed E-state index contributed by atoms with van der Waals surface area (Å²) >= 11 is 0. The van der Waals surface area contributed by atoms with Crippen LogP contribution < -0.4 is 0 Å². The summed E-state index contributed by atoms with van der Waals surface area (Å²) in [6.07, 6.45) is 6.76. The highest BCUT2D eigenvalue weighted by Gasteiger charge is 2.11. The van der Waals surface area contributed by atoms with E-state index in [2.05, 4.69) is 62.9 Å². The monoisotopic (exact) mass is 403 g/mol. The summed E-state index contributed by atoms with van der Waals surface area (Å²) in [7, 11) is 0. The van der Waals surface area contributed by atoms with Crippen LogP contribution in [0.2, 0.25) is 0 Å². The molecular weight excluding hydrogens is 374 g/mol. The Labute approximate surface area is 177 Å². The third-order valence-corrected chi connectivity index (χ3v) is 5.20. The van der Waals surface area contributed by atoms with Gasteiger partial charge in [-0.05, 0) is 63.1 Å². The fourth-order valence-electron chi connectivity index (χ4n) is 3.84. The van der Waals surface area contributed by atoms with E-state index in [0.717, 1.165) is 61.2 Å². The molecule has 3 heterocycles. The lowest BCUT2D eigenvalue weighted by Crippen LogP contribution is -2.24. The molecule has 6 heteroatoms. The molecule has 6 nitrogen and oxygen atoms in total. The lowest BCUT2D eigenvalue weighted by molar-refractivity contribution is 0.227. The molecule has 0 radical (unpaired) electrons. The molecule has 0 fully saturated rings. The highest BCUT2D eigenvalue weighted by atomic mass is 16.3. The molecule has 0 atom stereocenters. The van der Waals surface area contributed by atoms with Gasteiger partial charge in [0.05, 0.1) is 24.3 Å². The number of rotatable bonds is 9. The third kappa shape index (κ3) is 5.07. The van der Waals surface area contributed by atoms with Crippen molar-refractivity contribution in [2.45, 2.75) is 46.8 Å². The van der Waals surface area contributed by atoms with Crippen LogP contribution in [0, 0.1) is 20.8 Å². The molecule has 1 aromatic carbocycles. The van der Waals surface area contributed by atoms with Gasteiger partial charge in [0.1, 0.15) is 11.5 Å². The van der Waals surface area contributed by atoms with Gasteiger partial charge >= 0.3 is 0 Å². The topological polar surface area (TPSA) is 52.0 Å². The maximum absolute atomic E-state index is 5.84. The van der Waals surface area contributed by atoms with E-state index in [0.29, 0.717) is 0 Å². The van der Waals surface area contributed by atoms with Crippen molar-refractivity contribution in [2.75, 3.05) is 6.54 Å². The average Bonchev–Trinajstić information content (AvgIpc) is 3.44. The first-order valence-electron chi connectivity index (χ1n) is 10.4. The normalized spacial score (nSPS) is 11.5. The van der Waals surface area contributed by atoms with Gasteiger partial charge in [-0.3, -0.25) is 4.90 Å². The summed E-state index contributed by atoms with van der Waals surface area (Å²) in [5.41, 5.74) is 4.55. The van der Waals surface area contributed by atoms with Crippen LogP contribution in [0.15, 0.2) is 65.6 Å². The Morgan fingerprint density at radius 3 is 2.63 bits per heavy atom. The molecule has 4 rings (SSSR count). The lowest BCUT2D eigenvalue weighted by Gasteiger charge is -2.22. The van der Waals surface area contributed by atoms with Crippen LogP contribution in [0.1, 0.15) is 34.9 Å². The maximum atomic E-state index is 5.84. The SMILES string of the molecule is Cc1cc(C)n(-c2cccc(CN(CCCn3ccnc3)Cc3ccc(C)o3)c2)n1. The Kier molecular flexibility index (Phi) is 6.14. The number of benzene rings is 1. The Morgan fingerprint density at radius 2 is 1.93 bits per heavy atom. The quantitative estimate of drug-likeness (QED) is 0.407. The number of hydrogen-bond donors (Lipinski definition) is 0. The van der Waals surface area contributed by atoms with Crippen molar-refractivity contribution in [1.29, 1.82) is 0 Å². The smallest absolute Gasteiger partial charge is 0.118 e. The first kappa shape index (κ1) is 20.2. The van der Waals surface area contributed by atoms with Crippen molar-refractivity contribution in [3.63, 3.8) is 0 Å². The van der Waals surface area contributed by atoms with Gasteiger partial charge in [-0.2, -0.15) is 5.10 Å². The minimum atomic E-state index is 0.794. The predicted molar refractivity (Wildman–Crippen MR) is 117 cm³/mol. The van der Waals surface area contributed by atoms with Gasteiger partial charge in [0, 0.05) is 37.7 Å². The highest BCUT2D eigenvalue weighted by Crippen LogP contribution is 2.17. The molecule has 0 bridgehead atoms. The van der Waals surface area contributed by atoms with Gasteiger partial charge < -0.3 is 8.98 Å². The minimum Gasteiger partial charge on any atom is -0.465 e. The number of furan rings is 1. The fraction of sp³-hybridized carbons (Fsp3) is 0.333. The third-order valence-electron chi connectivity index (χ3n) is 5.20. The van der Waals surface area contributed by atoms with E-state index >= 15 is 0 Å². The van der Waals surface area contributed by atoms with Gasteiger partial charge in [0.2, 0.25) is 0 Å². The summed E-state index contributed by atoms with van der Waals surface area (Å²) in [5, 5.41) is 4.63. The zero-order chi connectivity index (χ0) is 20.9. The van der Waals surface area contributed by atoms with Crippen molar-refractivity contribution in [3.8, 4) is 5.69 Å². The Balaban J connectivity index is 1.48. The van der Waals surface area contributed by atoms with Crippen molar-refractivity contribution < 1.29 is 4.42 Å². The molecule has 4 aromatic rings. The maximum Gasteiger partial charge on any atom is 0.118 e. The molecule has 0 N–H and O–H groups in total. The lowest BCUT2D eigenvalue weighted by atomic mass is 10.1. The first-order valence-corrected chi connectivity index (χ1v) is 10.4. The van der Waals surface area contributed by atoms with Crippen molar-refractivity contribution in [3.05, 3.63) is 89.7 Å². The van der Waals surface area contributed by atoms with E-state index in [1.54, 1.807) is 0 Å². The Hall–Kier alpha value is -3.12. The Bertz CT molecular complexity index is 1080. The van der Waals surface area contributed by atoms with Crippen LogP contribution in [-0.4, -0.2) is 30.8 Å². The fourth-order valence-corrected chi connectivity index (χ4v) is 3.84. The van der Waals surface area contributed by atoms with E-state index in [1.807, 2.05) is 43.3 Å². The molecule has 0 aliphatic carbocycles. The van der Waals surface area contributed by atoms with Gasteiger partial charge in [-0.1, -0.05) is 12.1 Å². The van der Waals surface area contributed by atoms with Crippen molar-refractivity contribution >= 4 is 0 Å². The molecule has 0 aliphatic rings. The molecule has 3 aromatic heterocycles. The second-order valence-corrected chi connectivity index (χ2v) is 7.89. The van der Waals surface area contributed by atoms with E-state index in [-0.39, 0.29) is 0 Å². The molecule has 0 amide bonds. The predicted octanol–water partition coefficient (Wildman–Crippen LogP) is 4.68. The van der Waals surface area contributed by atoms with Gasteiger partial charge in [-0.15, -0.1) is 0 Å². The zero-order valence-corrected chi connectivity index (χ0v) is 18.0. The summed E-state index contributed by atoms with van der Waals surface area (Å²) in [6, 6.07) is 14.9. The van der Waals surface area contributed by atoms with Crippen LogP contribution in [-0.2, 0) is 19.6 Å². The van der Waals surface area contributed by atoms with Gasteiger partial charge in [0.25, 0.3) is 0 Å². The summed E-state index contributed by atoms with van der Waals surface area (Å²) in [6.45, 7) is 9.69. The molecule has 30 heavy (non-hydrogen) atoms. The number of aromatic nitrogens is 4. The molecule has 0 saturated carbocycles. The summed E-state index contributed by atoms with van der Waals surface area (Å²) in [4.78, 5) is 6.57. The standard InChI is InChI=1S/C24H29N5O/c1-19-14-20(2)29(26-19)23-7-4-6-22(15-23)16-28(17-24-9-8-21(3)30-24)12-5-11-27-13-10-25-18-27/h4,6-10,13-15,18H,5,11-12,16-17H2,1-3H3. The first-order chi connectivity index (χ1) is 14.6. The van der Waals surface area contributed by atoms with Gasteiger partial charge in [0.15, 0.2) is 0 Å². The van der Waals surface area contributed by atoms with Crippen molar-refractivity contribution in [2.24, 2.45) is 0 Å². The number of aryl methyl sites for hydroxylation is 4. The molecule has 0 spiro atoms. The zero-order valence-electron chi connectivity index (χ0n) is 18.0. The van der Waals surface area contributed by atoms with E-state index in [1.165, 1.54) is 5.56 Å². The molecule has 156 valence electrons. The average molecular weight is 404 g/mol. The van der Waals surface area contributed by atoms with Gasteiger partial charge in [-0.25, -0.2) is 9.67 Å². The van der Waals surface area contributed by atoms with E-state index in [4.69, 9.17) is 4.42 Å². The van der Waals surface area contributed by atoms with E-state index in [9.17, 15) is 0 Å². The number of nitrogens with zero attached hydrogens (tertiary/aromatic N) is 5. The molecule has 0 unspecified atom stereocenters. The summed E-state index contributed by atoms with van der Waals surface area (Å²) in [5.74, 6) is 1.96. The Morgan fingerprint density at radius 1 is 1.03 bits per heavy atom. The van der Waals surface area contributed by atoms with Crippen LogP contribution in [0.4, 0.5) is 0 Å². The van der Waals surface area contributed by atoms with Crippen molar-refractivity contribution in [1.82, 2.24) is 24.2 Å². The van der Waals surface area contributed by atoms with Crippen LogP contribution in [0.25, 0.3) is 5.69 Å². The minimum absolute atomic E-state index is 0.794. The van der Waals surface area contributed by atoms with E-state index < -0.39 is 0 Å². The largest absolute Gasteiger partial charge is 0.465 e. The van der Waals surface area contributed by atoms with Crippen LogP contribution >= 0.6 is 0 Å². The van der Waals surface area contributed by atoms with Crippen LogP contribution in [0.5, 0.6) is 0 Å². The summed E-state index contributed by atoms with van der Waals surface area (Å²) < 4.78 is 9.98. The second kappa shape index (κ2) is 9.13. The molecule has 0 saturated heterocycles.